The van der Waals surface area contributed by atoms with E-state index in [1.54, 1.807) is 0 Å². The minimum absolute atomic E-state index is 0.774. The van der Waals surface area contributed by atoms with Gasteiger partial charge in [0.1, 0.15) is 7.05 Å². The van der Waals surface area contributed by atoms with E-state index in [9.17, 15) is 0 Å². The van der Waals surface area contributed by atoms with Gasteiger partial charge in [-0.05, 0) is 12.1 Å². The van der Waals surface area contributed by atoms with Crippen LogP contribution in [0.25, 0.3) is 0 Å². The van der Waals surface area contributed by atoms with Gasteiger partial charge in [-0.15, -0.1) is 20.4 Å². The first-order valence-corrected chi connectivity index (χ1v) is 5.78. The lowest BCUT2D eigenvalue weighted by molar-refractivity contribution is -0.671. The molecule has 0 saturated heterocycles. The molecule has 0 bridgehead atoms. The van der Waals surface area contributed by atoms with Gasteiger partial charge in [-0.25, -0.2) is 4.57 Å². The summed E-state index contributed by atoms with van der Waals surface area (Å²) in [5.74, 6) is 0. The fraction of sp³-hybridized carbons (Fsp3) is 0.154. The van der Waals surface area contributed by atoms with Gasteiger partial charge in [0.05, 0.1) is 11.0 Å². The van der Waals surface area contributed by atoms with Crippen LogP contribution in [0.3, 0.4) is 0 Å². The Hall–Kier alpha value is -2.63. The highest BCUT2D eigenvalue weighted by atomic mass is 15.2. The Morgan fingerprint density at radius 3 is 2.47 bits per heavy atom. The molecule has 0 saturated carbocycles. The minimum atomic E-state index is 0.774. The second-order valence-corrected chi connectivity index (χ2v) is 3.99. The van der Waals surface area contributed by atoms with E-state index in [0.29, 0.717) is 0 Å². The van der Waals surface area contributed by atoms with Crippen LogP contribution in [0.4, 0.5) is 5.69 Å². The lowest BCUT2D eigenvalue weighted by Crippen LogP contribution is -2.25. The first kappa shape index (κ1) is 12.8. The molecular formula is C13H15N6+. The molecule has 0 fully saturated rings. The van der Waals surface area contributed by atoms with Crippen molar-refractivity contribution in [3.63, 3.8) is 0 Å². The third kappa shape index (κ3) is 4.27. The molecule has 0 atom stereocenters. The Morgan fingerprint density at radius 1 is 1.11 bits per heavy atom. The van der Waals surface area contributed by atoms with Gasteiger partial charge in [-0.3, -0.25) is 0 Å². The van der Waals surface area contributed by atoms with Gasteiger partial charge in [0.25, 0.3) is 0 Å². The van der Waals surface area contributed by atoms with Crippen molar-refractivity contribution >= 4 is 12.0 Å². The third-order valence-electron chi connectivity index (χ3n) is 2.37. The summed E-state index contributed by atoms with van der Waals surface area (Å²) < 4.78 is 3.86. The van der Waals surface area contributed by atoms with Gasteiger partial charge < -0.3 is 4.57 Å². The lowest BCUT2D eigenvalue weighted by Gasteiger charge is -1.92. The highest BCUT2D eigenvalue weighted by molar-refractivity contribution is 5.54. The van der Waals surface area contributed by atoms with Gasteiger partial charge in [-0.1, -0.05) is 0 Å². The molecule has 0 spiro atoms. The predicted molar refractivity (Wildman–Crippen MR) is 71.6 cm³/mol. The fourth-order valence-electron chi connectivity index (χ4n) is 1.33. The summed E-state index contributed by atoms with van der Waals surface area (Å²) in [5, 5.41) is 16.4. The van der Waals surface area contributed by atoms with E-state index in [0.717, 1.165) is 11.0 Å². The maximum atomic E-state index is 3.99. The Kier molecular flexibility index (Phi) is 4.28. The number of aryl methyl sites for hydroxylation is 2. The van der Waals surface area contributed by atoms with Gasteiger partial charge in [0.2, 0.25) is 0 Å². The maximum Gasteiger partial charge on any atom is 0.170 e. The van der Waals surface area contributed by atoms with Crippen molar-refractivity contribution in [2.75, 3.05) is 0 Å². The second kappa shape index (κ2) is 6.34. The quantitative estimate of drug-likeness (QED) is 0.262. The van der Waals surface area contributed by atoms with Crippen LogP contribution in [0.1, 0.15) is 0 Å². The zero-order valence-electron chi connectivity index (χ0n) is 10.9. The van der Waals surface area contributed by atoms with E-state index in [2.05, 4.69) is 20.4 Å². The van der Waals surface area contributed by atoms with Crippen LogP contribution in [-0.2, 0) is 14.1 Å². The molecule has 0 unspecified atom stereocenters. The minimum Gasteiger partial charge on any atom is -0.357 e. The number of hydrogen-bond donors (Lipinski definition) is 0. The molecule has 2 rings (SSSR count). The highest BCUT2D eigenvalue weighted by Crippen LogP contribution is 2.06. The maximum absolute atomic E-state index is 3.99. The summed E-state index contributed by atoms with van der Waals surface area (Å²) in [5.41, 5.74) is 0.774. The van der Waals surface area contributed by atoms with Crippen LogP contribution in [-0.4, -0.2) is 10.9 Å². The average Bonchev–Trinajstić information content (AvgIpc) is 2.43. The molecule has 6 nitrogen and oxygen atoms in total. The lowest BCUT2D eigenvalue weighted by atomic mass is 10.4. The van der Waals surface area contributed by atoms with Crippen molar-refractivity contribution in [2.24, 2.45) is 34.5 Å². The molecule has 2 aromatic rings. The van der Waals surface area contributed by atoms with Gasteiger partial charge in [-0.2, -0.15) is 0 Å². The van der Waals surface area contributed by atoms with E-state index in [1.165, 1.54) is 6.34 Å². The fourth-order valence-corrected chi connectivity index (χ4v) is 1.33. The van der Waals surface area contributed by atoms with Gasteiger partial charge in [0, 0.05) is 31.6 Å². The van der Waals surface area contributed by atoms with Crippen LogP contribution in [0.2, 0.25) is 0 Å². The molecule has 0 aromatic carbocycles. The molecule has 0 aliphatic rings. The number of hydrogen-bond acceptors (Lipinski definition) is 3. The van der Waals surface area contributed by atoms with Crippen molar-refractivity contribution in [3.05, 3.63) is 54.4 Å². The average molecular weight is 255 g/mol. The molecule has 19 heavy (non-hydrogen) atoms. The first-order valence-electron chi connectivity index (χ1n) is 5.78. The van der Waals surface area contributed by atoms with E-state index in [-0.39, 0.29) is 0 Å². The number of nitrogens with zero attached hydrogens (tertiary/aromatic N) is 6. The summed E-state index contributed by atoms with van der Waals surface area (Å²) in [4.78, 5) is 0. The van der Waals surface area contributed by atoms with Crippen molar-refractivity contribution < 1.29 is 4.57 Å². The van der Waals surface area contributed by atoms with E-state index in [4.69, 9.17) is 0 Å². The summed E-state index contributed by atoms with van der Waals surface area (Å²) in [6, 6.07) is 7.47. The second-order valence-electron chi connectivity index (χ2n) is 3.99. The third-order valence-corrected chi connectivity index (χ3v) is 2.37. The predicted octanol–water partition coefficient (Wildman–Crippen LogP) is 1.48. The smallest absolute Gasteiger partial charge is 0.170 e. The number of aromatic nitrogens is 2. The van der Waals surface area contributed by atoms with Crippen LogP contribution in [0.5, 0.6) is 0 Å². The molecule has 0 radical (unpaired) electrons. The highest BCUT2D eigenvalue weighted by Gasteiger charge is 1.91. The molecule has 0 aliphatic heterocycles. The standard InChI is InChI=1S/C13H15N6/c1-18-7-3-12(4-8-18)16-14-11-15-17-13-5-9-19(2)10-6-13/h3-11H,1-2H3/q+1. The summed E-state index contributed by atoms with van der Waals surface area (Å²) in [6.07, 6.45) is 8.93. The van der Waals surface area contributed by atoms with Crippen molar-refractivity contribution in [1.82, 2.24) is 4.57 Å². The van der Waals surface area contributed by atoms with Crippen molar-refractivity contribution in [1.29, 1.82) is 0 Å². The summed E-state index contributed by atoms with van der Waals surface area (Å²) in [6.45, 7) is 0. The van der Waals surface area contributed by atoms with Crippen molar-refractivity contribution in [2.45, 2.75) is 0 Å². The zero-order valence-corrected chi connectivity index (χ0v) is 10.9. The zero-order chi connectivity index (χ0) is 13.5. The Bertz CT molecular complexity index is 631. The Morgan fingerprint density at radius 2 is 1.79 bits per heavy atom. The topological polar surface area (TPSA) is 58.2 Å². The van der Waals surface area contributed by atoms with E-state index >= 15 is 0 Å². The number of pyridine rings is 2. The normalized spacial score (nSPS) is 11.3. The molecule has 0 amide bonds. The molecule has 96 valence electrons. The SMILES string of the molecule is Cn1ccc(=NN=CN=Nc2cc[n+](C)cc2)cc1. The van der Waals surface area contributed by atoms with Crippen molar-refractivity contribution in [3.8, 4) is 0 Å². The molecule has 0 N–H and O–H groups in total. The van der Waals surface area contributed by atoms with Gasteiger partial charge in [0.15, 0.2) is 18.7 Å². The summed E-state index contributed by atoms with van der Waals surface area (Å²) >= 11 is 0. The summed E-state index contributed by atoms with van der Waals surface area (Å²) in [7, 11) is 3.89. The van der Waals surface area contributed by atoms with Crippen LogP contribution in [0.15, 0.2) is 69.5 Å². The molecule has 6 heteroatoms. The van der Waals surface area contributed by atoms with Crippen LogP contribution < -0.4 is 9.92 Å². The first-order chi connectivity index (χ1) is 9.24. The van der Waals surface area contributed by atoms with Gasteiger partial charge >= 0.3 is 0 Å². The largest absolute Gasteiger partial charge is 0.357 e. The molecule has 0 aliphatic carbocycles. The Balaban J connectivity index is 1.98. The number of azo groups is 1. The van der Waals surface area contributed by atoms with Crippen LogP contribution in [0, 0.1) is 0 Å². The molecular weight excluding hydrogens is 240 g/mol. The molecule has 2 aromatic heterocycles. The number of rotatable bonds is 3. The molecule has 2 heterocycles. The van der Waals surface area contributed by atoms with E-state index < -0.39 is 0 Å². The monoisotopic (exact) mass is 255 g/mol. The van der Waals surface area contributed by atoms with Crippen LogP contribution >= 0.6 is 0 Å². The Labute approximate surface area is 111 Å². The van der Waals surface area contributed by atoms with E-state index in [1.807, 2.05) is 72.3 Å².